The Balaban J connectivity index is 2.25. The van der Waals surface area contributed by atoms with Gasteiger partial charge in [-0.1, -0.05) is 0 Å². The molecule has 1 aliphatic rings. The maximum absolute atomic E-state index is 13.7. The van der Waals surface area contributed by atoms with Crippen molar-refractivity contribution in [2.75, 3.05) is 20.2 Å². The second-order valence-corrected chi connectivity index (χ2v) is 5.43. The largest absolute Gasteiger partial charge is 0.493 e. The van der Waals surface area contributed by atoms with Gasteiger partial charge in [-0.15, -0.1) is 0 Å². The van der Waals surface area contributed by atoms with Crippen LogP contribution >= 0.6 is 15.9 Å². The van der Waals surface area contributed by atoms with Gasteiger partial charge in [0.2, 0.25) is 5.82 Å². The molecule has 100 valence electrons. The molecule has 1 N–H and O–H groups in total. The normalized spacial score (nSPS) is 16.9. The molecule has 1 aliphatic heterocycles. The van der Waals surface area contributed by atoms with Crippen molar-refractivity contribution in [3.05, 3.63) is 27.7 Å². The monoisotopic (exact) mass is 319 g/mol. The molecule has 1 aromatic carbocycles. The van der Waals surface area contributed by atoms with Gasteiger partial charge in [0.05, 0.1) is 11.6 Å². The predicted octanol–water partition coefficient (Wildman–Crippen LogP) is 3.28. The number of hydrogen-bond acceptors (Lipinski definition) is 2. The summed E-state index contributed by atoms with van der Waals surface area (Å²) in [6, 6.07) is 1.62. The maximum Gasteiger partial charge on any atom is 0.202 e. The van der Waals surface area contributed by atoms with E-state index in [0.717, 1.165) is 37.9 Å². The first-order chi connectivity index (χ1) is 8.63. The molecule has 0 radical (unpaired) electrons. The van der Waals surface area contributed by atoms with Crippen LogP contribution < -0.4 is 10.1 Å². The SMILES string of the molecule is COc1c(CC2CCNCC2)cc(Br)c(F)c1F. The number of benzene rings is 1. The Morgan fingerprint density at radius 1 is 1.33 bits per heavy atom. The summed E-state index contributed by atoms with van der Waals surface area (Å²) >= 11 is 3.04. The van der Waals surface area contributed by atoms with Gasteiger partial charge in [-0.3, -0.25) is 0 Å². The Morgan fingerprint density at radius 2 is 2.00 bits per heavy atom. The molecule has 0 spiro atoms. The molecule has 0 aliphatic carbocycles. The van der Waals surface area contributed by atoms with Crippen molar-refractivity contribution < 1.29 is 13.5 Å². The number of hydrogen-bond donors (Lipinski definition) is 1. The van der Waals surface area contributed by atoms with Crippen molar-refractivity contribution >= 4 is 15.9 Å². The summed E-state index contributed by atoms with van der Waals surface area (Å²) < 4.78 is 32.3. The zero-order valence-electron chi connectivity index (χ0n) is 10.2. The van der Waals surface area contributed by atoms with Crippen LogP contribution in [0.1, 0.15) is 18.4 Å². The summed E-state index contributed by atoms with van der Waals surface area (Å²) in [5.74, 6) is -1.26. The predicted molar refractivity (Wildman–Crippen MR) is 69.9 cm³/mol. The second kappa shape index (κ2) is 5.97. The molecule has 0 aromatic heterocycles. The van der Waals surface area contributed by atoms with Crippen LogP contribution in [0, 0.1) is 17.6 Å². The number of rotatable bonds is 3. The fraction of sp³-hybridized carbons (Fsp3) is 0.538. The molecule has 18 heavy (non-hydrogen) atoms. The van der Waals surface area contributed by atoms with Gasteiger partial charge in [-0.05, 0) is 65.8 Å². The summed E-state index contributed by atoms with van der Waals surface area (Å²) in [5.41, 5.74) is 0.732. The minimum absolute atomic E-state index is 0.0363. The summed E-state index contributed by atoms with van der Waals surface area (Å²) in [6.45, 7) is 1.97. The van der Waals surface area contributed by atoms with Gasteiger partial charge < -0.3 is 10.1 Å². The summed E-state index contributed by atoms with van der Waals surface area (Å²) in [7, 11) is 1.37. The van der Waals surface area contributed by atoms with Crippen LogP contribution in [0.4, 0.5) is 8.78 Å². The smallest absolute Gasteiger partial charge is 0.202 e. The lowest BCUT2D eigenvalue weighted by atomic mass is 9.90. The third kappa shape index (κ3) is 2.83. The van der Waals surface area contributed by atoms with E-state index in [2.05, 4.69) is 21.2 Å². The van der Waals surface area contributed by atoms with Gasteiger partial charge in [0.1, 0.15) is 0 Å². The second-order valence-electron chi connectivity index (χ2n) is 4.58. The van der Waals surface area contributed by atoms with Crippen LogP contribution in [0.3, 0.4) is 0 Å². The average Bonchev–Trinajstić information content (AvgIpc) is 2.38. The van der Waals surface area contributed by atoms with Crippen LogP contribution in [0.5, 0.6) is 5.75 Å². The highest BCUT2D eigenvalue weighted by Gasteiger charge is 2.21. The lowest BCUT2D eigenvalue weighted by molar-refractivity contribution is 0.345. The molecule has 0 atom stereocenters. The molecule has 1 heterocycles. The number of ether oxygens (including phenoxy) is 1. The van der Waals surface area contributed by atoms with E-state index in [0.29, 0.717) is 5.92 Å². The summed E-state index contributed by atoms with van der Waals surface area (Å²) in [4.78, 5) is 0. The molecule has 1 aromatic rings. The van der Waals surface area contributed by atoms with E-state index in [1.807, 2.05) is 0 Å². The van der Waals surface area contributed by atoms with Crippen LogP contribution in [-0.2, 0) is 6.42 Å². The molecule has 2 rings (SSSR count). The van der Waals surface area contributed by atoms with Gasteiger partial charge in [-0.25, -0.2) is 4.39 Å². The van der Waals surface area contributed by atoms with Gasteiger partial charge in [-0.2, -0.15) is 4.39 Å². The molecular weight excluding hydrogens is 304 g/mol. The lowest BCUT2D eigenvalue weighted by Gasteiger charge is -2.23. The lowest BCUT2D eigenvalue weighted by Crippen LogP contribution is -2.28. The molecule has 2 nitrogen and oxygen atoms in total. The number of nitrogens with one attached hydrogen (secondary N) is 1. The molecule has 5 heteroatoms. The van der Waals surface area contributed by atoms with Crippen molar-refractivity contribution in [1.29, 1.82) is 0 Å². The molecule has 1 fully saturated rings. The van der Waals surface area contributed by atoms with Gasteiger partial charge in [0.15, 0.2) is 11.6 Å². The van der Waals surface area contributed by atoms with Crippen LogP contribution in [-0.4, -0.2) is 20.2 Å². The van der Waals surface area contributed by atoms with E-state index in [1.54, 1.807) is 6.07 Å². The average molecular weight is 320 g/mol. The fourth-order valence-electron chi connectivity index (χ4n) is 2.40. The zero-order valence-corrected chi connectivity index (χ0v) is 11.8. The van der Waals surface area contributed by atoms with Crippen molar-refractivity contribution in [2.45, 2.75) is 19.3 Å². The topological polar surface area (TPSA) is 21.3 Å². The van der Waals surface area contributed by atoms with Gasteiger partial charge >= 0.3 is 0 Å². The first kappa shape index (κ1) is 13.7. The van der Waals surface area contributed by atoms with E-state index in [-0.39, 0.29) is 10.2 Å². The Hall–Kier alpha value is -0.680. The Bertz CT molecular complexity index is 433. The van der Waals surface area contributed by atoms with E-state index in [1.165, 1.54) is 7.11 Å². The summed E-state index contributed by atoms with van der Waals surface area (Å²) in [5, 5.41) is 3.29. The first-order valence-corrected chi connectivity index (χ1v) is 6.84. The van der Waals surface area contributed by atoms with Crippen molar-refractivity contribution in [3.63, 3.8) is 0 Å². The molecule has 0 unspecified atom stereocenters. The molecule has 0 saturated carbocycles. The number of methoxy groups -OCH3 is 1. The zero-order chi connectivity index (χ0) is 13.1. The third-order valence-electron chi connectivity index (χ3n) is 3.37. The highest BCUT2D eigenvalue weighted by molar-refractivity contribution is 9.10. The Morgan fingerprint density at radius 3 is 2.61 bits per heavy atom. The van der Waals surface area contributed by atoms with Crippen molar-refractivity contribution in [3.8, 4) is 5.75 Å². The minimum Gasteiger partial charge on any atom is -0.493 e. The highest BCUT2D eigenvalue weighted by Crippen LogP contribution is 2.33. The number of halogens is 3. The molecule has 0 amide bonds. The third-order valence-corrected chi connectivity index (χ3v) is 3.94. The minimum atomic E-state index is -0.907. The van der Waals surface area contributed by atoms with Crippen LogP contribution in [0.2, 0.25) is 0 Å². The van der Waals surface area contributed by atoms with Gasteiger partial charge in [0.25, 0.3) is 0 Å². The summed E-state index contributed by atoms with van der Waals surface area (Å²) in [6.07, 6.45) is 2.83. The van der Waals surface area contributed by atoms with E-state index >= 15 is 0 Å². The van der Waals surface area contributed by atoms with Crippen molar-refractivity contribution in [2.24, 2.45) is 5.92 Å². The van der Waals surface area contributed by atoms with Crippen LogP contribution in [0.25, 0.3) is 0 Å². The highest BCUT2D eigenvalue weighted by atomic mass is 79.9. The Labute approximate surface area is 114 Å². The van der Waals surface area contributed by atoms with E-state index in [4.69, 9.17) is 4.74 Å². The van der Waals surface area contributed by atoms with Crippen molar-refractivity contribution in [1.82, 2.24) is 5.32 Å². The Kier molecular flexibility index (Phi) is 4.56. The van der Waals surface area contributed by atoms with E-state index in [9.17, 15) is 8.78 Å². The maximum atomic E-state index is 13.7. The molecular formula is C13H16BrF2NO. The molecule has 1 saturated heterocycles. The first-order valence-electron chi connectivity index (χ1n) is 6.04. The van der Waals surface area contributed by atoms with Gasteiger partial charge in [0, 0.05) is 0 Å². The molecule has 0 bridgehead atoms. The van der Waals surface area contributed by atoms with Crippen LogP contribution in [0.15, 0.2) is 10.5 Å². The standard InChI is InChI=1S/C13H16BrF2NO/c1-18-13-9(6-8-2-4-17-5-3-8)7-10(14)11(15)12(13)16/h7-8,17H,2-6H2,1H3. The quantitative estimate of drug-likeness (QED) is 0.863. The fourth-order valence-corrected chi connectivity index (χ4v) is 2.85. The van der Waals surface area contributed by atoms with E-state index < -0.39 is 11.6 Å². The number of piperidine rings is 1.